The average Bonchev–Trinajstić information content (AvgIpc) is 2.80. The van der Waals surface area contributed by atoms with Crippen molar-refractivity contribution in [2.75, 3.05) is 20.3 Å². The quantitative estimate of drug-likeness (QED) is 0.222. The normalized spacial score (nSPS) is 11.4. The fraction of sp³-hybridized carbons (Fsp3) is 0.318. The van der Waals surface area contributed by atoms with Gasteiger partial charge < -0.3 is 20.7 Å². The highest BCUT2D eigenvalue weighted by Gasteiger charge is 2.23. The van der Waals surface area contributed by atoms with E-state index in [4.69, 9.17) is 33.3 Å². The summed E-state index contributed by atoms with van der Waals surface area (Å²) in [6.07, 6.45) is 0.696. The molecule has 32 heavy (non-hydrogen) atoms. The van der Waals surface area contributed by atoms with Crippen LogP contribution in [0.5, 0.6) is 5.75 Å². The minimum atomic E-state index is -0.893. The van der Waals surface area contributed by atoms with Crippen molar-refractivity contribution in [3.63, 3.8) is 0 Å². The summed E-state index contributed by atoms with van der Waals surface area (Å²) < 4.78 is 17.6. The van der Waals surface area contributed by atoms with Gasteiger partial charge in [-0.15, -0.1) is 0 Å². The molecule has 0 saturated carbocycles. The lowest BCUT2D eigenvalue weighted by molar-refractivity contribution is -0.123. The first-order valence-electron chi connectivity index (χ1n) is 9.88. The van der Waals surface area contributed by atoms with Crippen molar-refractivity contribution in [2.24, 2.45) is 0 Å². The number of rotatable bonds is 11. The van der Waals surface area contributed by atoms with Crippen molar-refractivity contribution >= 4 is 40.9 Å². The molecule has 0 aliphatic carbocycles. The number of hydrogen-bond donors (Lipinski definition) is 4. The summed E-state index contributed by atoms with van der Waals surface area (Å²) in [5.41, 5.74) is 1.05. The number of amides is 2. The third-order valence-electron chi connectivity index (χ3n) is 4.55. The Labute approximate surface area is 196 Å². The predicted octanol–water partition coefficient (Wildman–Crippen LogP) is 3.73. The Morgan fingerprint density at radius 1 is 1.09 bits per heavy atom. The average molecular weight is 483 g/mol. The standard InChI is InChI=1S/C22H25Cl2FN4O3/c1-32-19-9-8-16(24)11-17(19)21(30)29-18(3-2-10-27-20(26)12-25)22(31)28-13-14-4-6-15(23)7-5-14/h4-9,11,18H,2-3,10,12-13H2,1H3,(H2,26,27)(H,28,31)(H,29,30). The largest absolute Gasteiger partial charge is 0.496 e. The molecule has 1 atom stereocenters. The van der Waals surface area contributed by atoms with Gasteiger partial charge in [0.15, 0.2) is 0 Å². The Hall–Kier alpha value is -2.84. The van der Waals surface area contributed by atoms with E-state index in [1.807, 2.05) is 0 Å². The van der Waals surface area contributed by atoms with Gasteiger partial charge in [-0.1, -0.05) is 35.3 Å². The van der Waals surface area contributed by atoms with Gasteiger partial charge >= 0.3 is 0 Å². The second-order valence-electron chi connectivity index (χ2n) is 6.90. The van der Waals surface area contributed by atoms with Crippen LogP contribution >= 0.6 is 23.2 Å². The summed E-state index contributed by atoms with van der Waals surface area (Å²) in [6.45, 7) is -0.343. The molecule has 2 aromatic carbocycles. The molecule has 0 bridgehead atoms. The summed E-state index contributed by atoms with van der Waals surface area (Å²) in [5, 5.41) is 16.4. The van der Waals surface area contributed by atoms with Crippen molar-refractivity contribution in [1.29, 1.82) is 5.41 Å². The van der Waals surface area contributed by atoms with Gasteiger partial charge in [0.05, 0.1) is 12.7 Å². The molecule has 0 saturated heterocycles. The van der Waals surface area contributed by atoms with Crippen LogP contribution in [0.2, 0.25) is 10.0 Å². The zero-order chi connectivity index (χ0) is 23.5. The number of methoxy groups -OCH3 is 1. The summed E-state index contributed by atoms with van der Waals surface area (Å²) >= 11 is 11.9. The maximum Gasteiger partial charge on any atom is 0.255 e. The first-order chi connectivity index (χ1) is 15.3. The van der Waals surface area contributed by atoms with Crippen LogP contribution in [-0.2, 0) is 11.3 Å². The first-order valence-corrected chi connectivity index (χ1v) is 10.6. The molecular formula is C22H25Cl2FN4O3. The van der Waals surface area contributed by atoms with Gasteiger partial charge in [0, 0.05) is 23.1 Å². The lowest BCUT2D eigenvalue weighted by Gasteiger charge is -2.20. The van der Waals surface area contributed by atoms with Crippen molar-refractivity contribution in [2.45, 2.75) is 25.4 Å². The number of nitrogens with one attached hydrogen (secondary N) is 4. The van der Waals surface area contributed by atoms with Crippen LogP contribution < -0.4 is 20.7 Å². The topological polar surface area (TPSA) is 103 Å². The number of carbonyl (C=O) groups excluding carboxylic acids is 2. The molecule has 2 amide bonds. The fourth-order valence-electron chi connectivity index (χ4n) is 2.87. The van der Waals surface area contributed by atoms with Gasteiger partial charge in [0.25, 0.3) is 5.91 Å². The predicted molar refractivity (Wildman–Crippen MR) is 123 cm³/mol. The summed E-state index contributed by atoms with van der Waals surface area (Å²) in [5.74, 6) is -0.804. The van der Waals surface area contributed by atoms with Crippen molar-refractivity contribution < 1.29 is 18.7 Å². The van der Waals surface area contributed by atoms with Crippen LogP contribution in [-0.4, -0.2) is 44.0 Å². The summed E-state index contributed by atoms with van der Waals surface area (Å²) in [6, 6.07) is 10.8. The van der Waals surface area contributed by atoms with E-state index < -0.39 is 18.6 Å². The van der Waals surface area contributed by atoms with Gasteiger partial charge in [-0.3, -0.25) is 15.0 Å². The zero-order valence-electron chi connectivity index (χ0n) is 17.5. The minimum Gasteiger partial charge on any atom is -0.496 e. The number of carbonyl (C=O) groups is 2. The van der Waals surface area contributed by atoms with E-state index in [0.717, 1.165) is 5.56 Å². The van der Waals surface area contributed by atoms with Gasteiger partial charge in [-0.25, -0.2) is 4.39 Å². The van der Waals surface area contributed by atoms with Crippen LogP contribution in [0, 0.1) is 5.41 Å². The molecule has 0 heterocycles. The van der Waals surface area contributed by atoms with Crippen LogP contribution in [0.1, 0.15) is 28.8 Å². The monoisotopic (exact) mass is 482 g/mol. The highest BCUT2D eigenvalue weighted by atomic mass is 35.5. The molecule has 2 rings (SSSR count). The third kappa shape index (κ3) is 8.01. The Morgan fingerprint density at radius 3 is 2.44 bits per heavy atom. The van der Waals surface area contributed by atoms with Crippen molar-refractivity contribution in [1.82, 2.24) is 16.0 Å². The molecule has 0 radical (unpaired) electrons. The Morgan fingerprint density at radius 2 is 1.78 bits per heavy atom. The van der Waals surface area contributed by atoms with E-state index in [0.29, 0.717) is 28.8 Å². The van der Waals surface area contributed by atoms with Gasteiger partial charge in [-0.2, -0.15) is 0 Å². The maximum atomic E-state index is 12.8. The smallest absolute Gasteiger partial charge is 0.255 e. The third-order valence-corrected chi connectivity index (χ3v) is 5.04. The van der Waals surface area contributed by atoms with Crippen molar-refractivity contribution in [3.8, 4) is 5.75 Å². The van der Waals surface area contributed by atoms with Gasteiger partial charge in [0.2, 0.25) is 5.91 Å². The van der Waals surface area contributed by atoms with E-state index in [9.17, 15) is 14.0 Å². The molecular weight excluding hydrogens is 458 g/mol. The lowest BCUT2D eigenvalue weighted by atomic mass is 10.1. The van der Waals surface area contributed by atoms with Crippen LogP contribution in [0.15, 0.2) is 42.5 Å². The Kier molecular flexibility index (Phi) is 10.2. The molecule has 0 fully saturated rings. The molecule has 10 heteroatoms. The minimum absolute atomic E-state index is 0.202. The highest BCUT2D eigenvalue weighted by molar-refractivity contribution is 6.31. The highest BCUT2D eigenvalue weighted by Crippen LogP contribution is 2.22. The first kappa shape index (κ1) is 25.4. The maximum absolute atomic E-state index is 12.8. The molecule has 4 N–H and O–H groups in total. The van der Waals surface area contributed by atoms with E-state index in [-0.39, 0.29) is 30.3 Å². The molecule has 1 unspecified atom stereocenters. The molecule has 7 nitrogen and oxygen atoms in total. The van der Waals surface area contributed by atoms with Crippen LogP contribution in [0.3, 0.4) is 0 Å². The number of hydrogen-bond acceptors (Lipinski definition) is 4. The number of alkyl halides is 1. The molecule has 2 aromatic rings. The van der Waals surface area contributed by atoms with Crippen LogP contribution in [0.25, 0.3) is 0 Å². The van der Waals surface area contributed by atoms with E-state index in [2.05, 4.69) is 16.0 Å². The zero-order valence-corrected chi connectivity index (χ0v) is 19.0. The Balaban J connectivity index is 2.07. The van der Waals surface area contributed by atoms with Gasteiger partial charge in [-0.05, 0) is 48.7 Å². The SMILES string of the molecule is COc1ccc(Cl)cc1C(=O)NC(CCCNC(=N)CF)C(=O)NCc1ccc(Cl)cc1. The van der Waals surface area contributed by atoms with Gasteiger partial charge in [0.1, 0.15) is 24.3 Å². The van der Waals surface area contributed by atoms with E-state index in [1.54, 1.807) is 36.4 Å². The second kappa shape index (κ2) is 12.9. The van der Waals surface area contributed by atoms with E-state index in [1.165, 1.54) is 13.2 Å². The summed E-state index contributed by atoms with van der Waals surface area (Å²) in [7, 11) is 1.43. The molecule has 0 aromatic heterocycles. The number of amidine groups is 1. The number of ether oxygens (including phenoxy) is 1. The fourth-order valence-corrected chi connectivity index (χ4v) is 3.17. The molecule has 0 aliphatic rings. The molecule has 0 spiro atoms. The van der Waals surface area contributed by atoms with E-state index >= 15 is 0 Å². The molecule has 0 aliphatic heterocycles. The lowest BCUT2D eigenvalue weighted by Crippen LogP contribution is -2.47. The Bertz CT molecular complexity index is 941. The van der Waals surface area contributed by atoms with Crippen LogP contribution in [0.4, 0.5) is 4.39 Å². The second-order valence-corrected chi connectivity index (χ2v) is 7.77. The number of halogens is 3. The molecule has 172 valence electrons. The van der Waals surface area contributed by atoms with Crippen molar-refractivity contribution in [3.05, 3.63) is 63.6 Å². The number of benzene rings is 2. The summed E-state index contributed by atoms with van der Waals surface area (Å²) in [4.78, 5) is 25.7.